The van der Waals surface area contributed by atoms with Gasteiger partial charge in [0.05, 0.1) is 13.1 Å². The van der Waals surface area contributed by atoms with Gasteiger partial charge in [-0.2, -0.15) is 0 Å². The normalized spacial score (nSPS) is 17.2. The van der Waals surface area contributed by atoms with E-state index in [1.54, 1.807) is 22.1 Å². The molecule has 1 fully saturated rings. The Morgan fingerprint density at radius 1 is 1.00 bits per heavy atom. The molecule has 4 aromatic rings. The highest BCUT2D eigenvalue weighted by atomic mass is 16.5. The molecule has 48 heavy (non-hydrogen) atoms. The molecule has 252 valence electrons. The Morgan fingerprint density at radius 3 is 2.50 bits per heavy atom. The zero-order valence-electron chi connectivity index (χ0n) is 26.6. The minimum atomic E-state index is -0.504. The maximum absolute atomic E-state index is 13.8. The van der Waals surface area contributed by atoms with Crippen LogP contribution >= 0.6 is 0 Å². The Morgan fingerprint density at radius 2 is 1.77 bits per heavy atom. The summed E-state index contributed by atoms with van der Waals surface area (Å²) in [6.45, 7) is 3.32. The second kappa shape index (κ2) is 16.8. The Hall–Kier alpha value is -5.60. The van der Waals surface area contributed by atoms with Crippen LogP contribution in [0.3, 0.4) is 0 Å². The van der Waals surface area contributed by atoms with Gasteiger partial charge >= 0.3 is 0 Å². The van der Waals surface area contributed by atoms with Crippen molar-refractivity contribution in [1.82, 2.24) is 44.9 Å². The molecule has 0 spiro atoms. The lowest BCUT2D eigenvalue weighted by atomic mass is 10.1. The van der Waals surface area contributed by atoms with Crippen LogP contribution in [0.15, 0.2) is 67.3 Å². The molecule has 2 aromatic heterocycles. The Labute approximate surface area is 277 Å². The van der Waals surface area contributed by atoms with E-state index >= 15 is 0 Å². The van der Waals surface area contributed by atoms with Gasteiger partial charge in [0.15, 0.2) is 0 Å². The molecule has 2 N–H and O–H groups in total. The van der Waals surface area contributed by atoms with E-state index in [9.17, 15) is 14.4 Å². The van der Waals surface area contributed by atoms with Crippen molar-refractivity contribution in [2.45, 2.75) is 51.2 Å². The van der Waals surface area contributed by atoms with E-state index in [-0.39, 0.29) is 24.2 Å². The van der Waals surface area contributed by atoms with Crippen molar-refractivity contribution >= 4 is 24.2 Å². The van der Waals surface area contributed by atoms with Crippen LogP contribution in [0.1, 0.15) is 48.0 Å². The average molecular weight is 658 g/mol. The third-order valence-corrected chi connectivity index (χ3v) is 8.20. The first kappa shape index (κ1) is 33.8. The van der Waals surface area contributed by atoms with Gasteiger partial charge in [0.1, 0.15) is 30.5 Å². The molecule has 2 aromatic carbocycles. The Balaban J connectivity index is 0.00000145. The summed E-state index contributed by atoms with van der Waals surface area (Å²) in [5.41, 5.74) is 2.54. The molecule has 3 amide bonds. The first-order valence-electron chi connectivity index (χ1n) is 15.9. The van der Waals surface area contributed by atoms with Gasteiger partial charge in [0, 0.05) is 56.1 Å². The molecule has 2 aliphatic rings. The molecule has 15 heteroatoms. The summed E-state index contributed by atoms with van der Waals surface area (Å²) in [5, 5.41) is 20.9. The molecule has 15 nitrogen and oxygen atoms in total. The molecule has 0 aliphatic carbocycles. The highest BCUT2D eigenvalue weighted by Gasteiger charge is 2.30. The number of nitrogens with one attached hydrogen (secondary N) is 1. The molecular weight excluding hydrogens is 618 g/mol. The van der Waals surface area contributed by atoms with Crippen LogP contribution in [0, 0.1) is 0 Å². The highest BCUT2D eigenvalue weighted by Crippen LogP contribution is 2.23. The van der Waals surface area contributed by atoms with E-state index in [0.717, 1.165) is 29.8 Å². The van der Waals surface area contributed by atoms with Crippen LogP contribution in [0.4, 0.5) is 0 Å². The molecular formula is C33H39N9O6. The van der Waals surface area contributed by atoms with Gasteiger partial charge in [-0.3, -0.25) is 19.2 Å². The quantitative estimate of drug-likeness (QED) is 0.309. The monoisotopic (exact) mass is 657 g/mol. The van der Waals surface area contributed by atoms with E-state index < -0.39 is 6.04 Å². The molecule has 4 heterocycles. The van der Waals surface area contributed by atoms with E-state index in [1.165, 1.54) is 0 Å². The highest BCUT2D eigenvalue weighted by molar-refractivity contribution is 5.94. The number of carbonyl (C=O) groups is 4. The number of carbonyl (C=O) groups excluding carboxylic acids is 3. The molecule has 2 aliphatic heterocycles. The third-order valence-electron chi connectivity index (χ3n) is 8.20. The summed E-state index contributed by atoms with van der Waals surface area (Å²) >= 11 is 0. The number of aromatic nitrogens is 6. The smallest absolute Gasteiger partial charge is 0.290 e. The molecule has 0 unspecified atom stereocenters. The van der Waals surface area contributed by atoms with E-state index in [1.807, 2.05) is 59.6 Å². The Kier molecular flexibility index (Phi) is 11.8. The van der Waals surface area contributed by atoms with Gasteiger partial charge in [-0.25, -0.2) is 9.67 Å². The van der Waals surface area contributed by atoms with Crippen LogP contribution in [0.25, 0.3) is 11.4 Å². The van der Waals surface area contributed by atoms with Crippen LogP contribution in [-0.4, -0.2) is 108 Å². The van der Waals surface area contributed by atoms with Crippen molar-refractivity contribution in [3.8, 4) is 17.1 Å². The summed E-state index contributed by atoms with van der Waals surface area (Å²) in [6, 6.07) is 14.8. The van der Waals surface area contributed by atoms with Crippen molar-refractivity contribution < 1.29 is 29.0 Å². The maximum Gasteiger partial charge on any atom is 0.290 e. The lowest BCUT2D eigenvalue weighted by molar-refractivity contribution is -0.134. The van der Waals surface area contributed by atoms with Crippen molar-refractivity contribution in [2.75, 3.05) is 32.8 Å². The molecule has 6 rings (SSSR count). The number of benzene rings is 2. The number of aryl methyl sites for hydroxylation is 1. The lowest BCUT2D eigenvalue weighted by Gasteiger charge is -2.27. The summed E-state index contributed by atoms with van der Waals surface area (Å²) in [6.07, 6.45) is 8.33. The number of tetrazole rings is 1. The van der Waals surface area contributed by atoms with Gasteiger partial charge < -0.3 is 29.5 Å². The van der Waals surface area contributed by atoms with Gasteiger partial charge in [-0.05, 0) is 65.9 Å². The topological polar surface area (TPSA) is 178 Å². The summed E-state index contributed by atoms with van der Waals surface area (Å²) in [4.78, 5) is 55.6. The van der Waals surface area contributed by atoms with Crippen LogP contribution < -0.4 is 10.1 Å². The number of ether oxygens (including phenoxy) is 1. The van der Waals surface area contributed by atoms with Crippen molar-refractivity contribution in [1.29, 1.82) is 0 Å². The fraction of sp³-hybridized carbons (Fsp3) is 0.394. The summed E-state index contributed by atoms with van der Waals surface area (Å²) in [5.74, 6) is 1.31. The SMILES string of the molecule is O=C1CC[C@H](C(=O)N2CCCCN(C(=O)c3ccc(Cn4cnnn4)cc3)CCCn3ccnc3-c3cccc(c3)OCC2)N1.O=CO. The minimum Gasteiger partial charge on any atom is -0.492 e. The zero-order valence-corrected chi connectivity index (χ0v) is 26.6. The standard InChI is InChI=1S/C32H37N9O4.CH2O2/c42-29-12-11-28(35-29)32(44)40-15-2-1-14-39(31(43)25-9-7-24(8-10-25)22-41-23-34-36-37-41)17-4-16-38-18-13-33-30(38)26-5-3-6-27(21-26)45-20-19-40;2-1-3/h3,5-10,13,18,21,23,28H,1-2,4,11-12,14-17,19-20,22H2,(H,35,42);1H,(H,2,3)/t28-;/m1./s1. The maximum atomic E-state index is 13.8. The minimum absolute atomic E-state index is 0.0320. The van der Waals surface area contributed by atoms with Crippen LogP contribution in [0.5, 0.6) is 5.75 Å². The fourth-order valence-corrected chi connectivity index (χ4v) is 5.83. The number of hydrogen-bond donors (Lipinski definition) is 2. The predicted octanol–water partition coefficient (Wildman–Crippen LogP) is 2.10. The van der Waals surface area contributed by atoms with Crippen molar-refractivity contribution in [3.63, 3.8) is 0 Å². The summed E-state index contributed by atoms with van der Waals surface area (Å²) in [7, 11) is 0. The first-order valence-corrected chi connectivity index (χ1v) is 15.9. The third kappa shape index (κ3) is 9.02. The molecule has 1 atom stereocenters. The Bertz CT molecular complexity index is 1660. The zero-order chi connectivity index (χ0) is 33.7. The fourth-order valence-electron chi connectivity index (χ4n) is 5.83. The van der Waals surface area contributed by atoms with E-state index in [4.69, 9.17) is 14.6 Å². The number of amides is 3. The van der Waals surface area contributed by atoms with Gasteiger partial charge in [0.25, 0.3) is 12.4 Å². The number of fused-ring (bicyclic) bond motifs is 4. The van der Waals surface area contributed by atoms with Crippen molar-refractivity contribution in [3.05, 3.63) is 78.4 Å². The number of carboxylic acid groups (broad SMARTS) is 1. The number of nitrogens with zero attached hydrogens (tertiary/aromatic N) is 8. The molecule has 0 saturated carbocycles. The van der Waals surface area contributed by atoms with E-state index in [0.29, 0.717) is 76.5 Å². The van der Waals surface area contributed by atoms with Gasteiger partial charge in [0.2, 0.25) is 11.8 Å². The number of hydrogen-bond acceptors (Lipinski definition) is 9. The number of rotatable bonds is 4. The van der Waals surface area contributed by atoms with Crippen molar-refractivity contribution in [2.24, 2.45) is 0 Å². The number of imidazole rings is 1. The van der Waals surface area contributed by atoms with E-state index in [2.05, 4.69) is 30.4 Å². The van der Waals surface area contributed by atoms with Gasteiger partial charge in [-0.15, -0.1) is 5.10 Å². The molecule has 0 radical (unpaired) electrons. The molecule has 1 saturated heterocycles. The molecule has 2 bridgehead atoms. The first-order chi connectivity index (χ1) is 23.4. The van der Waals surface area contributed by atoms with Crippen LogP contribution in [0.2, 0.25) is 0 Å². The summed E-state index contributed by atoms with van der Waals surface area (Å²) < 4.78 is 9.81. The second-order valence-corrected chi connectivity index (χ2v) is 11.5. The lowest BCUT2D eigenvalue weighted by Crippen LogP contribution is -2.46. The predicted molar refractivity (Wildman–Crippen MR) is 173 cm³/mol. The average Bonchev–Trinajstić information content (AvgIpc) is 3.88. The van der Waals surface area contributed by atoms with Gasteiger partial charge in [-0.1, -0.05) is 24.3 Å². The van der Waals surface area contributed by atoms with Crippen LogP contribution in [-0.2, 0) is 27.5 Å². The second-order valence-electron chi connectivity index (χ2n) is 11.5. The largest absolute Gasteiger partial charge is 0.492 e.